The molecule has 0 N–H and O–H groups in total. The Morgan fingerprint density at radius 2 is 1.41 bits per heavy atom. The maximum atomic E-state index is 15.4. The van der Waals surface area contributed by atoms with E-state index in [-0.39, 0.29) is 11.4 Å². The molecule has 2 aliphatic carbocycles. The fraction of sp³-hybridized carbons (Fsp3) is 0.463. The average molecular weight is 599 g/mol. The summed E-state index contributed by atoms with van der Waals surface area (Å²) in [6, 6.07) is 15.9. The largest absolute Gasteiger partial charge is 0.206 e. The molecule has 0 nitrogen and oxygen atoms in total. The number of unbranched alkanes of at least 4 members (excludes halogenated alkanes) is 2. The lowest BCUT2D eigenvalue weighted by Gasteiger charge is -2.35. The van der Waals surface area contributed by atoms with Crippen LogP contribution in [0.5, 0.6) is 0 Å². The zero-order valence-electron chi connectivity index (χ0n) is 26.7. The van der Waals surface area contributed by atoms with E-state index in [9.17, 15) is 8.78 Å². The summed E-state index contributed by atoms with van der Waals surface area (Å²) >= 11 is 0. The standard InChI is InChI=1S/C41H49F3/c1-3-5-7-9-11-35-24-27-38(41(44)40(35)43)34-22-20-33(21-23-34)37-26-25-36(28-39(37)42)32-18-16-31(17-19-32)30-14-12-29(13-15-30)10-8-6-4-2/h5,7,18,20-31H,3-4,6,8-17,19H2,1-2H3/b7-5+. The normalized spacial score (nSPS) is 20.7. The zero-order valence-corrected chi connectivity index (χ0v) is 26.7. The Labute approximate surface area is 263 Å². The highest BCUT2D eigenvalue weighted by Gasteiger charge is 2.28. The van der Waals surface area contributed by atoms with Crippen LogP contribution in [-0.4, -0.2) is 0 Å². The van der Waals surface area contributed by atoms with E-state index in [2.05, 4.69) is 13.0 Å². The first-order valence-corrected chi connectivity index (χ1v) is 17.2. The summed E-state index contributed by atoms with van der Waals surface area (Å²) in [7, 11) is 0. The second-order valence-electron chi connectivity index (χ2n) is 13.1. The van der Waals surface area contributed by atoms with Gasteiger partial charge < -0.3 is 0 Å². The van der Waals surface area contributed by atoms with Gasteiger partial charge in [0.1, 0.15) is 5.82 Å². The minimum atomic E-state index is -0.830. The van der Waals surface area contributed by atoms with Crippen LogP contribution in [0.2, 0.25) is 0 Å². The van der Waals surface area contributed by atoms with Crippen LogP contribution in [0.4, 0.5) is 13.2 Å². The molecule has 2 aliphatic rings. The van der Waals surface area contributed by atoms with Gasteiger partial charge in [-0.25, -0.2) is 13.2 Å². The quantitative estimate of drug-likeness (QED) is 0.144. The topological polar surface area (TPSA) is 0 Å². The Kier molecular flexibility index (Phi) is 11.6. The minimum absolute atomic E-state index is 0.222. The van der Waals surface area contributed by atoms with Crippen molar-refractivity contribution in [1.82, 2.24) is 0 Å². The van der Waals surface area contributed by atoms with Gasteiger partial charge in [-0.3, -0.25) is 0 Å². The van der Waals surface area contributed by atoms with E-state index >= 15 is 4.39 Å². The van der Waals surface area contributed by atoms with Crippen molar-refractivity contribution in [1.29, 1.82) is 0 Å². The maximum Gasteiger partial charge on any atom is 0.166 e. The molecular formula is C41H49F3. The minimum Gasteiger partial charge on any atom is -0.206 e. The van der Waals surface area contributed by atoms with Gasteiger partial charge in [0.25, 0.3) is 0 Å². The van der Waals surface area contributed by atoms with E-state index in [1.54, 1.807) is 42.5 Å². The van der Waals surface area contributed by atoms with Crippen LogP contribution >= 0.6 is 0 Å². The van der Waals surface area contributed by atoms with E-state index in [0.717, 1.165) is 48.1 Å². The summed E-state index contributed by atoms with van der Waals surface area (Å²) in [5.74, 6) is 0.709. The van der Waals surface area contributed by atoms with Gasteiger partial charge in [0.15, 0.2) is 11.6 Å². The molecule has 0 aliphatic heterocycles. The smallest absolute Gasteiger partial charge is 0.166 e. The molecule has 234 valence electrons. The summed E-state index contributed by atoms with van der Waals surface area (Å²) in [5.41, 5.74) is 4.66. The Bertz CT molecular complexity index is 1420. The molecule has 1 saturated carbocycles. The van der Waals surface area contributed by atoms with Crippen molar-refractivity contribution in [3.8, 4) is 22.3 Å². The molecule has 0 heterocycles. The monoisotopic (exact) mass is 598 g/mol. The number of benzene rings is 3. The van der Waals surface area contributed by atoms with Gasteiger partial charge in [0.2, 0.25) is 0 Å². The van der Waals surface area contributed by atoms with Crippen molar-refractivity contribution >= 4 is 5.57 Å². The third-order valence-electron chi connectivity index (χ3n) is 10.2. The van der Waals surface area contributed by atoms with Crippen LogP contribution in [0, 0.1) is 35.2 Å². The van der Waals surface area contributed by atoms with Crippen LogP contribution in [0.1, 0.15) is 108 Å². The van der Waals surface area contributed by atoms with E-state index in [1.807, 2.05) is 31.2 Å². The van der Waals surface area contributed by atoms with Crippen molar-refractivity contribution in [2.75, 3.05) is 0 Å². The highest BCUT2D eigenvalue weighted by molar-refractivity contribution is 5.74. The molecule has 1 unspecified atom stereocenters. The van der Waals surface area contributed by atoms with Crippen LogP contribution < -0.4 is 0 Å². The van der Waals surface area contributed by atoms with Gasteiger partial charge >= 0.3 is 0 Å². The molecule has 3 aromatic rings. The number of aryl methyl sites for hydroxylation is 1. The predicted molar refractivity (Wildman–Crippen MR) is 180 cm³/mol. The Morgan fingerprint density at radius 3 is 2.07 bits per heavy atom. The van der Waals surface area contributed by atoms with Crippen molar-refractivity contribution in [2.45, 2.75) is 104 Å². The first-order chi connectivity index (χ1) is 21.5. The molecule has 1 fully saturated rings. The molecule has 0 amide bonds. The summed E-state index contributed by atoms with van der Waals surface area (Å²) in [4.78, 5) is 0. The van der Waals surface area contributed by atoms with E-state index < -0.39 is 11.6 Å². The van der Waals surface area contributed by atoms with Crippen molar-refractivity contribution in [2.24, 2.45) is 17.8 Å². The number of rotatable bonds is 12. The van der Waals surface area contributed by atoms with E-state index in [4.69, 9.17) is 0 Å². The van der Waals surface area contributed by atoms with Crippen molar-refractivity contribution in [3.63, 3.8) is 0 Å². The second-order valence-corrected chi connectivity index (χ2v) is 13.1. The molecule has 0 aromatic heterocycles. The molecular weight excluding hydrogens is 549 g/mol. The highest BCUT2D eigenvalue weighted by Crippen LogP contribution is 2.42. The first-order valence-electron chi connectivity index (χ1n) is 17.2. The summed E-state index contributed by atoms with van der Waals surface area (Å²) in [5, 5.41) is 0. The predicted octanol–water partition coefficient (Wildman–Crippen LogP) is 12.9. The Hall–Kier alpha value is -3.07. The number of hydrogen-bond donors (Lipinski definition) is 0. The van der Waals surface area contributed by atoms with E-state index in [0.29, 0.717) is 29.5 Å². The van der Waals surface area contributed by atoms with Crippen LogP contribution in [-0.2, 0) is 6.42 Å². The fourth-order valence-electron chi connectivity index (χ4n) is 7.48. The molecule has 44 heavy (non-hydrogen) atoms. The van der Waals surface area contributed by atoms with Gasteiger partial charge in [-0.2, -0.15) is 0 Å². The van der Waals surface area contributed by atoms with Crippen LogP contribution in [0.15, 0.2) is 72.8 Å². The molecule has 0 radical (unpaired) electrons. The molecule has 0 saturated heterocycles. The zero-order chi connectivity index (χ0) is 30.9. The third kappa shape index (κ3) is 7.95. The molecule has 3 heteroatoms. The maximum absolute atomic E-state index is 15.4. The molecule has 3 aromatic carbocycles. The van der Waals surface area contributed by atoms with Crippen molar-refractivity contribution < 1.29 is 13.2 Å². The van der Waals surface area contributed by atoms with E-state index in [1.165, 1.54) is 63.4 Å². The number of hydrogen-bond acceptors (Lipinski definition) is 0. The average Bonchev–Trinajstić information content (AvgIpc) is 3.06. The number of allylic oxidation sites excluding steroid dienone is 4. The molecule has 1 atom stereocenters. The Balaban J connectivity index is 1.19. The highest BCUT2D eigenvalue weighted by atomic mass is 19.2. The Morgan fingerprint density at radius 1 is 0.705 bits per heavy atom. The molecule has 0 spiro atoms. The summed E-state index contributed by atoms with van der Waals surface area (Å²) in [6.45, 7) is 4.33. The first kappa shape index (κ1) is 32.3. The van der Waals surface area contributed by atoms with Gasteiger partial charge in [-0.05, 0) is 103 Å². The van der Waals surface area contributed by atoms with Gasteiger partial charge in [0.05, 0.1) is 0 Å². The SMILES string of the molecule is CC/C=C/CCc1ccc(-c2ccc(-c3ccc(C4=CCC(C5CCC(CCCCC)CC5)CC4)cc3F)cc2)c(F)c1F. The van der Waals surface area contributed by atoms with Crippen molar-refractivity contribution in [3.05, 3.63) is 101 Å². The lowest BCUT2D eigenvalue weighted by molar-refractivity contribution is 0.187. The molecule has 5 rings (SSSR count). The van der Waals surface area contributed by atoms with Gasteiger partial charge in [-0.1, -0.05) is 119 Å². The fourth-order valence-corrected chi connectivity index (χ4v) is 7.48. The van der Waals surface area contributed by atoms with Gasteiger partial charge in [0, 0.05) is 11.1 Å². The molecule has 0 bridgehead atoms. The second kappa shape index (κ2) is 15.8. The lowest BCUT2D eigenvalue weighted by atomic mass is 9.70. The lowest BCUT2D eigenvalue weighted by Crippen LogP contribution is -2.23. The summed E-state index contributed by atoms with van der Waals surface area (Å²) in [6.07, 6.45) is 22.9. The summed E-state index contributed by atoms with van der Waals surface area (Å²) < 4.78 is 45.1. The van der Waals surface area contributed by atoms with Crippen LogP contribution in [0.3, 0.4) is 0 Å². The van der Waals surface area contributed by atoms with Gasteiger partial charge in [-0.15, -0.1) is 0 Å². The third-order valence-corrected chi connectivity index (χ3v) is 10.2. The van der Waals surface area contributed by atoms with Crippen LogP contribution in [0.25, 0.3) is 27.8 Å². The number of halogens is 3.